The summed E-state index contributed by atoms with van der Waals surface area (Å²) in [6.45, 7) is 9.27. The predicted octanol–water partition coefficient (Wildman–Crippen LogP) is 1.83. The fourth-order valence-electron chi connectivity index (χ4n) is 3.32. The average molecular weight is 320 g/mol. The van der Waals surface area contributed by atoms with Crippen LogP contribution in [0.1, 0.15) is 25.0 Å². The van der Waals surface area contributed by atoms with Crippen molar-refractivity contribution >= 4 is 0 Å². The number of hydrogen-bond donors (Lipinski definition) is 1. The topological polar surface area (TPSA) is 43.0 Å². The first-order chi connectivity index (χ1) is 11.2. The van der Waals surface area contributed by atoms with E-state index in [1.54, 1.807) is 0 Å². The quantitative estimate of drug-likeness (QED) is 0.866. The van der Waals surface area contributed by atoms with Crippen LogP contribution in [-0.2, 0) is 17.7 Å². The zero-order valence-electron chi connectivity index (χ0n) is 14.4. The van der Waals surface area contributed by atoms with Crippen LogP contribution in [0.4, 0.5) is 0 Å². The molecular weight excluding hydrogens is 292 g/mol. The van der Waals surface area contributed by atoms with Gasteiger partial charge in [-0.05, 0) is 33.0 Å². The summed E-state index contributed by atoms with van der Waals surface area (Å²) in [6.07, 6.45) is 1.47. The molecule has 5 heteroatoms. The second-order valence-electron chi connectivity index (χ2n) is 6.52. The Kier molecular flexibility index (Phi) is 5.41. The number of nitrogens with zero attached hydrogens (tertiary/aromatic N) is 1. The molecule has 128 valence electrons. The fraction of sp³-hybridized carbons (Fsp3) is 0.667. The smallest absolute Gasteiger partial charge is 0.127 e. The van der Waals surface area contributed by atoms with Gasteiger partial charge in [0, 0.05) is 43.7 Å². The highest BCUT2D eigenvalue weighted by molar-refractivity contribution is 5.49. The van der Waals surface area contributed by atoms with Gasteiger partial charge < -0.3 is 24.4 Å². The van der Waals surface area contributed by atoms with Crippen LogP contribution in [-0.4, -0.2) is 57.0 Å². The van der Waals surface area contributed by atoms with Gasteiger partial charge in [0.15, 0.2) is 0 Å². The van der Waals surface area contributed by atoms with Crippen LogP contribution in [0.15, 0.2) is 12.1 Å². The van der Waals surface area contributed by atoms with Gasteiger partial charge in [0.05, 0.1) is 19.3 Å². The van der Waals surface area contributed by atoms with Crippen molar-refractivity contribution in [1.29, 1.82) is 0 Å². The average Bonchev–Trinajstić information content (AvgIpc) is 2.88. The minimum absolute atomic E-state index is 0.246. The molecule has 0 amide bonds. The Bertz CT molecular complexity index is 535. The molecule has 1 N–H and O–H groups in total. The van der Waals surface area contributed by atoms with Crippen molar-refractivity contribution in [3.63, 3.8) is 0 Å². The van der Waals surface area contributed by atoms with Crippen molar-refractivity contribution < 1.29 is 14.2 Å². The number of fused-ring (bicyclic) bond motifs is 1. The van der Waals surface area contributed by atoms with Crippen LogP contribution < -0.4 is 14.8 Å². The maximum Gasteiger partial charge on any atom is 0.127 e. The van der Waals surface area contributed by atoms with Crippen molar-refractivity contribution in [3.05, 3.63) is 23.3 Å². The third-order valence-electron chi connectivity index (χ3n) is 4.38. The Morgan fingerprint density at radius 2 is 2.26 bits per heavy atom. The molecule has 0 bridgehead atoms. The number of ether oxygens (including phenoxy) is 3. The minimum atomic E-state index is 0.246. The summed E-state index contributed by atoms with van der Waals surface area (Å²) < 4.78 is 17.5. The first-order valence-corrected chi connectivity index (χ1v) is 8.61. The molecule has 0 unspecified atom stereocenters. The molecule has 2 heterocycles. The van der Waals surface area contributed by atoms with E-state index in [1.807, 2.05) is 6.92 Å². The van der Waals surface area contributed by atoms with Gasteiger partial charge in [-0.25, -0.2) is 0 Å². The number of benzene rings is 1. The van der Waals surface area contributed by atoms with Gasteiger partial charge >= 0.3 is 0 Å². The zero-order chi connectivity index (χ0) is 16.2. The third kappa shape index (κ3) is 4.16. The highest BCUT2D eigenvalue weighted by Crippen LogP contribution is 2.36. The largest absolute Gasteiger partial charge is 0.494 e. The standard InChI is InChI=1S/C18H28N2O3/c1-4-21-16-8-14-7-13(2)23-18(14)15(9-16)10-19-11-17-12-20(3)5-6-22-17/h8-9,13,17,19H,4-7,10-12H2,1-3H3/t13-,17+/m0/s1. The van der Waals surface area contributed by atoms with Crippen LogP contribution in [0.3, 0.4) is 0 Å². The molecular formula is C18H28N2O3. The SMILES string of the molecule is CCOc1cc(CNC[C@@H]2CN(C)CCO2)c2c(c1)C[C@H](C)O2. The lowest BCUT2D eigenvalue weighted by molar-refractivity contribution is -0.0182. The molecule has 0 radical (unpaired) electrons. The van der Waals surface area contributed by atoms with E-state index in [0.29, 0.717) is 6.61 Å². The summed E-state index contributed by atoms with van der Waals surface area (Å²) >= 11 is 0. The van der Waals surface area contributed by atoms with Gasteiger partial charge in [-0.1, -0.05) is 0 Å². The molecule has 2 atom stereocenters. The van der Waals surface area contributed by atoms with Crippen LogP contribution in [0.2, 0.25) is 0 Å². The molecule has 0 aliphatic carbocycles. The maximum absolute atomic E-state index is 6.00. The van der Waals surface area contributed by atoms with E-state index in [9.17, 15) is 0 Å². The van der Waals surface area contributed by atoms with E-state index < -0.39 is 0 Å². The van der Waals surface area contributed by atoms with Gasteiger partial charge in [0.2, 0.25) is 0 Å². The summed E-state index contributed by atoms with van der Waals surface area (Å²) in [7, 11) is 2.14. The third-order valence-corrected chi connectivity index (χ3v) is 4.38. The lowest BCUT2D eigenvalue weighted by Gasteiger charge is -2.30. The Morgan fingerprint density at radius 3 is 3.04 bits per heavy atom. The van der Waals surface area contributed by atoms with E-state index in [2.05, 4.69) is 36.3 Å². The van der Waals surface area contributed by atoms with Crippen molar-refractivity contribution in [2.45, 2.75) is 39.0 Å². The molecule has 2 aliphatic heterocycles. The van der Waals surface area contributed by atoms with E-state index in [4.69, 9.17) is 14.2 Å². The lowest BCUT2D eigenvalue weighted by Crippen LogP contribution is -2.44. The summed E-state index contributed by atoms with van der Waals surface area (Å²) in [5.41, 5.74) is 2.44. The van der Waals surface area contributed by atoms with E-state index in [0.717, 1.165) is 50.7 Å². The maximum atomic E-state index is 6.00. The van der Waals surface area contributed by atoms with Gasteiger partial charge in [0.1, 0.15) is 17.6 Å². The van der Waals surface area contributed by atoms with Crippen molar-refractivity contribution in [1.82, 2.24) is 10.2 Å². The Morgan fingerprint density at radius 1 is 1.39 bits per heavy atom. The van der Waals surface area contributed by atoms with Gasteiger partial charge in [0.25, 0.3) is 0 Å². The summed E-state index contributed by atoms with van der Waals surface area (Å²) in [4.78, 5) is 2.31. The minimum Gasteiger partial charge on any atom is -0.494 e. The fourth-order valence-corrected chi connectivity index (χ4v) is 3.32. The molecule has 1 aromatic carbocycles. The first kappa shape index (κ1) is 16.6. The number of hydrogen-bond acceptors (Lipinski definition) is 5. The zero-order valence-corrected chi connectivity index (χ0v) is 14.4. The predicted molar refractivity (Wildman–Crippen MR) is 90.3 cm³/mol. The summed E-state index contributed by atoms with van der Waals surface area (Å²) in [5, 5.41) is 3.52. The molecule has 1 aromatic rings. The Labute approximate surface area is 138 Å². The number of rotatable bonds is 6. The Balaban J connectivity index is 1.62. The highest BCUT2D eigenvalue weighted by atomic mass is 16.5. The summed E-state index contributed by atoms with van der Waals surface area (Å²) in [5.74, 6) is 1.98. The van der Waals surface area contributed by atoms with Crippen LogP contribution in [0, 0.1) is 0 Å². The van der Waals surface area contributed by atoms with Crippen molar-refractivity contribution in [2.75, 3.05) is 39.9 Å². The lowest BCUT2D eigenvalue weighted by atomic mass is 10.1. The second kappa shape index (κ2) is 7.51. The molecule has 0 spiro atoms. The van der Waals surface area contributed by atoms with E-state index >= 15 is 0 Å². The van der Waals surface area contributed by atoms with Gasteiger partial charge in [-0.15, -0.1) is 0 Å². The Hall–Kier alpha value is -1.30. The molecule has 1 fully saturated rings. The van der Waals surface area contributed by atoms with Crippen molar-refractivity contribution in [3.8, 4) is 11.5 Å². The molecule has 23 heavy (non-hydrogen) atoms. The number of nitrogens with one attached hydrogen (secondary N) is 1. The van der Waals surface area contributed by atoms with Crippen molar-refractivity contribution in [2.24, 2.45) is 0 Å². The highest BCUT2D eigenvalue weighted by Gasteiger charge is 2.24. The molecule has 2 aliphatic rings. The van der Waals surface area contributed by atoms with E-state index in [-0.39, 0.29) is 12.2 Å². The van der Waals surface area contributed by atoms with E-state index in [1.165, 1.54) is 11.1 Å². The number of morpholine rings is 1. The van der Waals surface area contributed by atoms with Gasteiger partial charge in [-0.3, -0.25) is 0 Å². The molecule has 1 saturated heterocycles. The molecule has 5 nitrogen and oxygen atoms in total. The van der Waals surface area contributed by atoms with Crippen LogP contribution in [0.25, 0.3) is 0 Å². The monoisotopic (exact) mass is 320 g/mol. The molecule has 3 rings (SSSR count). The molecule has 0 saturated carbocycles. The van der Waals surface area contributed by atoms with Gasteiger partial charge in [-0.2, -0.15) is 0 Å². The normalized spacial score (nSPS) is 24.3. The van der Waals surface area contributed by atoms with Crippen LogP contribution in [0.5, 0.6) is 11.5 Å². The van der Waals surface area contributed by atoms with Crippen LogP contribution >= 0.6 is 0 Å². The summed E-state index contributed by atoms with van der Waals surface area (Å²) in [6, 6.07) is 4.21. The number of likely N-dealkylation sites (N-methyl/N-ethyl adjacent to an activating group) is 1. The second-order valence-corrected chi connectivity index (χ2v) is 6.52. The molecule has 0 aromatic heterocycles. The first-order valence-electron chi connectivity index (χ1n) is 8.61.